The Hall–Kier alpha value is -1.78. The van der Waals surface area contributed by atoms with Crippen molar-refractivity contribution in [1.82, 2.24) is 9.88 Å². The third-order valence-electron chi connectivity index (χ3n) is 2.38. The lowest BCUT2D eigenvalue weighted by Gasteiger charge is -2.07. The van der Waals surface area contributed by atoms with E-state index in [0.717, 1.165) is 0 Å². The van der Waals surface area contributed by atoms with E-state index in [1.54, 1.807) is 23.9 Å². The topological polar surface area (TPSA) is 63.1 Å². The molecule has 5 nitrogen and oxygen atoms in total. The lowest BCUT2D eigenvalue weighted by Crippen LogP contribution is -2.22. The molecule has 2 N–H and O–H groups in total. The fourth-order valence-electron chi connectivity index (χ4n) is 1.35. The maximum atomic E-state index is 11.6. The molecule has 0 aliphatic heterocycles. The highest BCUT2D eigenvalue weighted by Crippen LogP contribution is 2.13. The van der Waals surface area contributed by atoms with Crippen molar-refractivity contribution in [3.63, 3.8) is 0 Å². The van der Waals surface area contributed by atoms with E-state index in [-0.39, 0.29) is 17.7 Å². The Morgan fingerprint density at radius 2 is 2.06 bits per heavy atom. The molecule has 1 heterocycles. The molecule has 0 aliphatic rings. The fourth-order valence-corrected chi connectivity index (χ4v) is 1.35. The first kappa shape index (κ1) is 13.3. The minimum absolute atomic E-state index is 0.0614. The molecular weight excluding hydrogens is 218 g/mol. The molecule has 0 radical (unpaired) electrons. The third kappa shape index (κ3) is 3.34. The smallest absolute Gasteiger partial charge is 0.252 e. The summed E-state index contributed by atoms with van der Waals surface area (Å²) in [5.74, 6) is 0.351. The van der Waals surface area contributed by atoms with Crippen LogP contribution in [0.1, 0.15) is 31.1 Å². The van der Waals surface area contributed by atoms with Gasteiger partial charge in [0, 0.05) is 25.7 Å². The molecule has 0 unspecified atom stereocenters. The molecule has 5 heteroatoms. The van der Waals surface area contributed by atoms with Gasteiger partial charge in [0.1, 0.15) is 5.82 Å². The zero-order valence-corrected chi connectivity index (χ0v) is 10.7. The first-order valence-corrected chi connectivity index (χ1v) is 5.71. The predicted octanol–water partition coefficient (Wildman–Crippen LogP) is 1.37. The Balaban J connectivity index is 2.82. The molecule has 0 saturated carbocycles. The van der Waals surface area contributed by atoms with Gasteiger partial charge in [-0.3, -0.25) is 9.59 Å². The second-order valence-corrected chi connectivity index (χ2v) is 4.23. The summed E-state index contributed by atoms with van der Waals surface area (Å²) >= 11 is 0. The molecular formula is C12H19N3O2. The molecule has 0 aliphatic carbocycles. The van der Waals surface area contributed by atoms with Crippen LogP contribution in [0.15, 0.2) is 12.3 Å². The van der Waals surface area contributed by atoms with Crippen molar-refractivity contribution in [3.8, 4) is 0 Å². The van der Waals surface area contributed by atoms with Crippen LogP contribution in [0.4, 0.5) is 5.82 Å². The largest absolute Gasteiger partial charge is 0.352 e. The minimum Gasteiger partial charge on any atom is -0.352 e. The van der Waals surface area contributed by atoms with E-state index in [1.165, 1.54) is 0 Å². The maximum absolute atomic E-state index is 11.6. The average Bonchev–Trinajstić information content (AvgIpc) is 2.60. The normalized spacial score (nSPS) is 10.4. The molecule has 1 aromatic rings. The molecule has 0 atom stereocenters. The summed E-state index contributed by atoms with van der Waals surface area (Å²) < 4.78 is 1.73. The molecule has 0 aromatic carbocycles. The van der Waals surface area contributed by atoms with Crippen molar-refractivity contribution in [2.75, 3.05) is 11.9 Å². The van der Waals surface area contributed by atoms with Crippen LogP contribution in [0.2, 0.25) is 0 Å². The van der Waals surface area contributed by atoms with Crippen molar-refractivity contribution in [2.45, 2.75) is 20.8 Å². The summed E-state index contributed by atoms with van der Waals surface area (Å²) in [7, 11) is 1.79. The number of aryl methyl sites for hydroxylation is 1. The molecule has 2 amide bonds. The Labute approximate surface area is 101 Å². The average molecular weight is 237 g/mol. The van der Waals surface area contributed by atoms with E-state index in [2.05, 4.69) is 10.6 Å². The van der Waals surface area contributed by atoms with Crippen LogP contribution in [0, 0.1) is 5.92 Å². The van der Waals surface area contributed by atoms with Gasteiger partial charge in [-0.25, -0.2) is 0 Å². The zero-order valence-electron chi connectivity index (χ0n) is 10.7. The van der Waals surface area contributed by atoms with Crippen LogP contribution in [-0.2, 0) is 11.8 Å². The first-order valence-electron chi connectivity index (χ1n) is 5.71. The quantitative estimate of drug-likeness (QED) is 0.830. The predicted molar refractivity (Wildman–Crippen MR) is 66.9 cm³/mol. The second kappa shape index (κ2) is 5.52. The highest BCUT2D eigenvalue weighted by molar-refractivity contribution is 5.97. The molecule has 17 heavy (non-hydrogen) atoms. The Bertz CT molecular complexity index is 421. The van der Waals surface area contributed by atoms with Crippen molar-refractivity contribution in [2.24, 2.45) is 13.0 Å². The van der Waals surface area contributed by atoms with Crippen molar-refractivity contribution < 1.29 is 9.59 Å². The number of hydrogen-bond donors (Lipinski definition) is 2. The number of carbonyl (C=O) groups excluding carboxylic acids is 2. The Morgan fingerprint density at radius 1 is 1.41 bits per heavy atom. The van der Waals surface area contributed by atoms with Gasteiger partial charge in [0.25, 0.3) is 5.91 Å². The van der Waals surface area contributed by atoms with Gasteiger partial charge in [-0.05, 0) is 13.0 Å². The summed E-state index contributed by atoms with van der Waals surface area (Å²) in [4.78, 5) is 23.1. The highest BCUT2D eigenvalue weighted by Gasteiger charge is 2.13. The fraction of sp³-hybridized carbons (Fsp3) is 0.500. The number of anilines is 1. The number of nitrogens with zero attached hydrogens (tertiary/aromatic N) is 1. The minimum atomic E-state index is -0.131. The number of hydrogen-bond acceptors (Lipinski definition) is 2. The van der Waals surface area contributed by atoms with E-state index in [0.29, 0.717) is 17.9 Å². The second-order valence-electron chi connectivity index (χ2n) is 4.23. The van der Waals surface area contributed by atoms with Crippen molar-refractivity contribution >= 4 is 17.6 Å². The monoisotopic (exact) mass is 237 g/mol. The highest BCUT2D eigenvalue weighted by atomic mass is 16.2. The molecule has 0 bridgehead atoms. The van der Waals surface area contributed by atoms with Gasteiger partial charge in [-0.1, -0.05) is 13.8 Å². The third-order valence-corrected chi connectivity index (χ3v) is 2.38. The van der Waals surface area contributed by atoms with Gasteiger partial charge in [0.15, 0.2) is 0 Å². The van der Waals surface area contributed by atoms with E-state index in [1.807, 2.05) is 20.8 Å². The lowest BCUT2D eigenvalue weighted by atomic mass is 10.2. The van der Waals surface area contributed by atoms with Crippen molar-refractivity contribution in [1.29, 1.82) is 0 Å². The van der Waals surface area contributed by atoms with Gasteiger partial charge < -0.3 is 15.2 Å². The van der Waals surface area contributed by atoms with Gasteiger partial charge in [-0.15, -0.1) is 0 Å². The Morgan fingerprint density at radius 3 is 2.59 bits per heavy atom. The van der Waals surface area contributed by atoms with Crippen LogP contribution < -0.4 is 10.6 Å². The SMILES string of the molecule is CCNC(=O)c1cc(NC(=O)C(C)C)n(C)c1. The molecule has 94 valence electrons. The van der Waals surface area contributed by atoms with E-state index >= 15 is 0 Å². The van der Waals surface area contributed by atoms with Gasteiger partial charge in [0.05, 0.1) is 5.56 Å². The number of nitrogens with one attached hydrogen (secondary N) is 2. The van der Waals surface area contributed by atoms with E-state index < -0.39 is 0 Å². The summed E-state index contributed by atoms with van der Waals surface area (Å²) in [6, 6.07) is 1.67. The molecule has 1 aromatic heterocycles. The van der Waals surface area contributed by atoms with Crippen LogP contribution in [0.3, 0.4) is 0 Å². The van der Waals surface area contributed by atoms with E-state index in [9.17, 15) is 9.59 Å². The van der Waals surface area contributed by atoms with Crippen LogP contribution >= 0.6 is 0 Å². The Kier molecular flexibility index (Phi) is 4.31. The molecule has 0 spiro atoms. The standard InChI is InChI=1S/C12H19N3O2/c1-5-13-12(17)9-6-10(15(4)7-9)14-11(16)8(2)3/h6-8H,5H2,1-4H3,(H,13,17)(H,14,16). The van der Waals surface area contributed by atoms with E-state index in [4.69, 9.17) is 0 Å². The van der Waals surface area contributed by atoms with Gasteiger partial charge in [-0.2, -0.15) is 0 Å². The van der Waals surface area contributed by atoms with Gasteiger partial charge >= 0.3 is 0 Å². The number of rotatable bonds is 4. The summed E-state index contributed by atoms with van der Waals surface area (Å²) in [6.07, 6.45) is 1.70. The lowest BCUT2D eigenvalue weighted by molar-refractivity contribution is -0.118. The molecule has 0 saturated heterocycles. The number of amides is 2. The zero-order chi connectivity index (χ0) is 13.0. The maximum Gasteiger partial charge on any atom is 0.252 e. The summed E-state index contributed by atoms with van der Waals surface area (Å²) in [5, 5.41) is 5.48. The molecule has 1 rings (SSSR count). The van der Waals surface area contributed by atoms with Crippen LogP contribution in [-0.4, -0.2) is 22.9 Å². The number of aromatic nitrogens is 1. The van der Waals surface area contributed by atoms with Crippen molar-refractivity contribution in [3.05, 3.63) is 17.8 Å². The summed E-state index contributed by atoms with van der Waals surface area (Å²) in [6.45, 7) is 6.09. The van der Waals surface area contributed by atoms with Crippen LogP contribution in [0.25, 0.3) is 0 Å². The summed E-state index contributed by atoms with van der Waals surface area (Å²) in [5.41, 5.74) is 0.549. The first-order chi connectivity index (χ1) is 7.95. The van der Waals surface area contributed by atoms with Crippen LogP contribution in [0.5, 0.6) is 0 Å². The number of carbonyl (C=O) groups is 2. The van der Waals surface area contributed by atoms with Gasteiger partial charge in [0.2, 0.25) is 5.91 Å². The molecule has 0 fully saturated rings.